The summed E-state index contributed by atoms with van der Waals surface area (Å²) in [5.41, 5.74) is 2.67. The number of allylic oxidation sites excluding steroid dienone is 6. The largest absolute Gasteiger partial charge is 0.0877 e. The predicted octanol–water partition coefficient (Wildman–Crippen LogP) is 5.28. The second-order valence-corrected chi connectivity index (χ2v) is 7.81. The summed E-state index contributed by atoms with van der Waals surface area (Å²) < 4.78 is 0. The third-order valence-electron chi connectivity index (χ3n) is 6.98. The van der Waals surface area contributed by atoms with Crippen LogP contribution in [-0.4, -0.2) is 0 Å². The van der Waals surface area contributed by atoms with E-state index in [1.54, 1.807) is 5.57 Å². The Morgan fingerprint density at radius 3 is 2.84 bits per heavy atom. The maximum Gasteiger partial charge on any atom is -0.00445 e. The molecule has 0 aliphatic heterocycles. The highest BCUT2D eigenvalue weighted by Gasteiger charge is 2.53. The van der Waals surface area contributed by atoms with E-state index in [9.17, 15) is 0 Å². The summed E-state index contributed by atoms with van der Waals surface area (Å²) >= 11 is 0. The van der Waals surface area contributed by atoms with E-state index in [0.29, 0.717) is 10.8 Å². The lowest BCUT2D eigenvalue weighted by atomic mass is 9.49. The summed E-state index contributed by atoms with van der Waals surface area (Å²) in [5.74, 6) is 2.80. The van der Waals surface area contributed by atoms with Gasteiger partial charge in [-0.25, -0.2) is 0 Å². The molecule has 0 N–H and O–H groups in total. The van der Waals surface area contributed by atoms with Crippen LogP contribution in [0.4, 0.5) is 0 Å². The Kier molecular flexibility index (Phi) is 2.44. The third kappa shape index (κ3) is 1.52. The molecule has 102 valence electrons. The van der Waals surface area contributed by atoms with Gasteiger partial charge in [0.15, 0.2) is 0 Å². The van der Waals surface area contributed by atoms with Gasteiger partial charge in [-0.3, -0.25) is 0 Å². The van der Waals surface area contributed by atoms with Gasteiger partial charge in [-0.05, 0) is 72.7 Å². The molecule has 0 radical (unpaired) electrons. The van der Waals surface area contributed by atoms with Crippen LogP contribution in [0, 0.1) is 28.6 Å². The van der Waals surface area contributed by atoms with E-state index in [1.807, 2.05) is 0 Å². The Balaban J connectivity index is 1.73. The molecule has 0 aromatic heterocycles. The Morgan fingerprint density at radius 2 is 1.95 bits per heavy atom. The van der Waals surface area contributed by atoms with Crippen LogP contribution in [0.1, 0.15) is 52.4 Å². The second-order valence-electron chi connectivity index (χ2n) is 7.81. The van der Waals surface area contributed by atoms with Crippen LogP contribution in [0.15, 0.2) is 36.0 Å². The molecule has 4 aliphatic rings. The monoisotopic (exact) mass is 254 g/mol. The lowest BCUT2D eigenvalue weighted by Gasteiger charge is -2.55. The third-order valence-corrected chi connectivity index (χ3v) is 6.98. The summed E-state index contributed by atoms with van der Waals surface area (Å²) in [6.45, 7) is 5.07. The lowest BCUT2D eigenvalue weighted by molar-refractivity contribution is -0.00509. The molecular formula is C19H26. The minimum absolute atomic E-state index is 0.488. The minimum Gasteiger partial charge on any atom is -0.0877 e. The first-order valence-corrected chi connectivity index (χ1v) is 8.18. The van der Waals surface area contributed by atoms with Crippen LogP contribution in [0.3, 0.4) is 0 Å². The minimum atomic E-state index is 0.488. The number of rotatable bonds is 0. The highest BCUT2D eigenvalue weighted by Crippen LogP contribution is 2.62. The van der Waals surface area contributed by atoms with Gasteiger partial charge >= 0.3 is 0 Å². The molecule has 1 saturated carbocycles. The molecule has 5 atom stereocenters. The van der Waals surface area contributed by atoms with E-state index in [0.717, 1.165) is 17.8 Å². The van der Waals surface area contributed by atoms with Gasteiger partial charge in [-0.15, -0.1) is 0 Å². The lowest BCUT2D eigenvalue weighted by Crippen LogP contribution is -2.47. The fourth-order valence-electron chi connectivity index (χ4n) is 5.78. The van der Waals surface area contributed by atoms with Gasteiger partial charge in [0.25, 0.3) is 0 Å². The molecular weight excluding hydrogens is 228 g/mol. The van der Waals surface area contributed by atoms with Gasteiger partial charge in [0.2, 0.25) is 0 Å². The Bertz CT molecular complexity index is 480. The van der Waals surface area contributed by atoms with Crippen molar-refractivity contribution in [3.05, 3.63) is 36.0 Å². The molecule has 0 heterocycles. The van der Waals surface area contributed by atoms with Crippen molar-refractivity contribution in [3.8, 4) is 0 Å². The summed E-state index contributed by atoms with van der Waals surface area (Å²) in [7, 11) is 0. The van der Waals surface area contributed by atoms with Crippen LogP contribution < -0.4 is 0 Å². The molecule has 1 fully saturated rings. The average Bonchev–Trinajstić information content (AvgIpc) is 2.79. The fourth-order valence-corrected chi connectivity index (χ4v) is 5.78. The highest BCUT2D eigenvalue weighted by molar-refractivity contribution is 5.34. The van der Waals surface area contributed by atoms with Crippen molar-refractivity contribution in [3.63, 3.8) is 0 Å². The van der Waals surface area contributed by atoms with Gasteiger partial charge in [0.1, 0.15) is 0 Å². The van der Waals surface area contributed by atoms with Crippen LogP contribution in [0.2, 0.25) is 0 Å². The quantitative estimate of drug-likeness (QED) is 0.516. The van der Waals surface area contributed by atoms with Crippen molar-refractivity contribution >= 4 is 0 Å². The van der Waals surface area contributed by atoms with Gasteiger partial charge in [0.05, 0.1) is 0 Å². The topological polar surface area (TPSA) is 0 Å². The fraction of sp³-hybridized carbons (Fsp3) is 0.684. The van der Waals surface area contributed by atoms with Crippen molar-refractivity contribution in [2.75, 3.05) is 0 Å². The maximum absolute atomic E-state index is 2.58. The van der Waals surface area contributed by atoms with Crippen molar-refractivity contribution in [2.45, 2.75) is 52.4 Å². The van der Waals surface area contributed by atoms with Crippen molar-refractivity contribution in [1.29, 1.82) is 0 Å². The molecule has 19 heavy (non-hydrogen) atoms. The van der Waals surface area contributed by atoms with Gasteiger partial charge in [-0.1, -0.05) is 44.2 Å². The number of hydrogen-bond acceptors (Lipinski definition) is 0. The molecule has 0 saturated heterocycles. The SMILES string of the molecule is C[C@@]12C=CC[C@H]1[C@@H]1CC=C3C=CCC[C@]3(C)[C@H]1CC2. The first-order chi connectivity index (χ1) is 9.13. The van der Waals surface area contributed by atoms with Gasteiger partial charge in [0, 0.05) is 0 Å². The standard InChI is InChI=1S/C19H26/c1-18-11-5-7-16(18)15-9-8-14-6-3-4-12-19(14,2)17(15)10-13-18/h3,5-6,8,11,15-17H,4,7,9-10,12-13H2,1-2H3/t15-,16-,17-,18-,19-/m0/s1. The van der Waals surface area contributed by atoms with Crippen LogP contribution >= 0.6 is 0 Å². The van der Waals surface area contributed by atoms with E-state index < -0.39 is 0 Å². The van der Waals surface area contributed by atoms with Gasteiger partial charge in [-0.2, -0.15) is 0 Å². The van der Waals surface area contributed by atoms with E-state index in [-0.39, 0.29) is 0 Å². The predicted molar refractivity (Wildman–Crippen MR) is 80.7 cm³/mol. The Labute approximate surface area is 117 Å². The van der Waals surface area contributed by atoms with E-state index >= 15 is 0 Å². The molecule has 0 bridgehead atoms. The molecule has 0 spiro atoms. The zero-order valence-electron chi connectivity index (χ0n) is 12.4. The van der Waals surface area contributed by atoms with E-state index in [1.165, 1.54) is 38.5 Å². The summed E-state index contributed by atoms with van der Waals surface area (Å²) in [6.07, 6.45) is 20.6. The van der Waals surface area contributed by atoms with Crippen LogP contribution in [0.25, 0.3) is 0 Å². The van der Waals surface area contributed by atoms with Gasteiger partial charge < -0.3 is 0 Å². The number of hydrogen-bond donors (Lipinski definition) is 0. The molecule has 0 heteroatoms. The van der Waals surface area contributed by atoms with Crippen molar-refractivity contribution in [1.82, 2.24) is 0 Å². The summed E-state index contributed by atoms with van der Waals surface area (Å²) in [5, 5.41) is 0. The molecule has 4 rings (SSSR count). The summed E-state index contributed by atoms with van der Waals surface area (Å²) in [6, 6.07) is 0. The van der Waals surface area contributed by atoms with Crippen molar-refractivity contribution < 1.29 is 0 Å². The highest BCUT2D eigenvalue weighted by atomic mass is 14.6. The second kappa shape index (κ2) is 3.87. The Morgan fingerprint density at radius 1 is 1.05 bits per heavy atom. The molecule has 0 nitrogen and oxygen atoms in total. The summed E-state index contributed by atoms with van der Waals surface area (Å²) in [4.78, 5) is 0. The van der Waals surface area contributed by atoms with E-state index in [4.69, 9.17) is 0 Å². The molecule has 0 unspecified atom stereocenters. The first-order valence-electron chi connectivity index (χ1n) is 8.18. The molecule has 0 amide bonds. The molecule has 0 aromatic rings. The smallest absolute Gasteiger partial charge is 0.00445 e. The maximum atomic E-state index is 2.58. The average molecular weight is 254 g/mol. The zero-order chi connectivity index (χ0) is 13.1. The normalized spacial score (nSPS) is 51.3. The molecule has 0 aromatic carbocycles. The van der Waals surface area contributed by atoms with Crippen LogP contribution in [-0.2, 0) is 0 Å². The first kappa shape index (κ1) is 12.0. The van der Waals surface area contributed by atoms with Crippen LogP contribution in [0.5, 0.6) is 0 Å². The number of fused-ring (bicyclic) bond motifs is 5. The van der Waals surface area contributed by atoms with Crippen molar-refractivity contribution in [2.24, 2.45) is 28.6 Å². The Hall–Kier alpha value is -0.780. The van der Waals surface area contributed by atoms with E-state index in [2.05, 4.69) is 44.2 Å². The zero-order valence-corrected chi connectivity index (χ0v) is 12.4. The molecule has 4 aliphatic carbocycles.